The topological polar surface area (TPSA) is 78.5 Å². The highest BCUT2D eigenvalue weighted by molar-refractivity contribution is 7.92. The summed E-state index contributed by atoms with van der Waals surface area (Å²) in [6.07, 6.45) is -4.96. The van der Waals surface area contributed by atoms with Crippen molar-refractivity contribution in [3.8, 4) is 0 Å². The average Bonchev–Trinajstić information content (AvgIpc) is 2.61. The van der Waals surface area contributed by atoms with Crippen molar-refractivity contribution >= 4 is 27.3 Å². The Morgan fingerprint density at radius 1 is 1.11 bits per heavy atom. The minimum Gasteiger partial charge on any atom is -0.388 e. The number of rotatable bonds is 6. The Bertz CT molecular complexity index is 958. The number of alkyl halides is 3. The highest BCUT2D eigenvalue weighted by atomic mass is 32.2. The molecule has 0 bridgehead atoms. The van der Waals surface area contributed by atoms with Gasteiger partial charge in [0, 0.05) is 26.3 Å². The largest absolute Gasteiger partial charge is 0.471 e. The van der Waals surface area contributed by atoms with Gasteiger partial charge in [0.15, 0.2) is 0 Å². The first-order valence-corrected chi connectivity index (χ1v) is 9.65. The summed E-state index contributed by atoms with van der Waals surface area (Å²) in [6.45, 7) is 1.54. The molecule has 28 heavy (non-hydrogen) atoms. The molecule has 0 spiro atoms. The highest BCUT2D eigenvalue weighted by Crippen LogP contribution is 2.26. The van der Waals surface area contributed by atoms with E-state index in [1.807, 2.05) is 6.92 Å². The summed E-state index contributed by atoms with van der Waals surface area (Å²) < 4.78 is 65.0. The summed E-state index contributed by atoms with van der Waals surface area (Å²) >= 11 is 0. The first-order valence-electron chi connectivity index (χ1n) is 8.16. The summed E-state index contributed by atoms with van der Waals surface area (Å²) in [7, 11) is -1.23. The fourth-order valence-corrected chi connectivity index (χ4v) is 3.54. The van der Waals surface area contributed by atoms with E-state index in [1.165, 1.54) is 30.3 Å². The van der Waals surface area contributed by atoms with Gasteiger partial charge in [0.05, 0.1) is 10.6 Å². The van der Waals surface area contributed by atoms with Gasteiger partial charge in [-0.2, -0.15) is 13.2 Å². The summed E-state index contributed by atoms with van der Waals surface area (Å²) in [4.78, 5) is 11.9. The molecule has 0 aliphatic carbocycles. The zero-order chi connectivity index (χ0) is 21.1. The number of hydrogen-bond donors (Lipinski definition) is 2. The minimum atomic E-state index is -4.96. The first kappa shape index (κ1) is 21.5. The normalized spacial score (nSPS) is 11.8. The number of aryl methyl sites for hydroxylation is 1. The van der Waals surface area contributed by atoms with Crippen LogP contribution >= 0.6 is 0 Å². The van der Waals surface area contributed by atoms with Gasteiger partial charge in [-0.25, -0.2) is 8.42 Å². The molecule has 0 aliphatic heterocycles. The van der Waals surface area contributed by atoms with Crippen molar-refractivity contribution in [1.29, 1.82) is 0 Å². The monoisotopic (exact) mass is 415 g/mol. The summed E-state index contributed by atoms with van der Waals surface area (Å²) in [6, 6.07) is 10.6. The lowest BCUT2D eigenvalue weighted by molar-refractivity contribution is -0.184. The molecule has 0 heterocycles. The Morgan fingerprint density at radius 3 is 2.25 bits per heavy atom. The lowest BCUT2D eigenvalue weighted by Crippen LogP contribution is -2.38. The molecule has 0 aliphatic rings. The molecular weight excluding hydrogens is 395 g/mol. The van der Waals surface area contributed by atoms with Crippen LogP contribution in [0.2, 0.25) is 0 Å². The molecule has 2 aromatic rings. The van der Waals surface area contributed by atoms with E-state index >= 15 is 0 Å². The number of hydrogen-bond acceptors (Lipinski definition) is 4. The van der Waals surface area contributed by atoms with Gasteiger partial charge in [-0.15, -0.1) is 0 Å². The van der Waals surface area contributed by atoms with E-state index in [2.05, 4.69) is 10.0 Å². The number of nitrogens with one attached hydrogen (secondary N) is 2. The number of benzene rings is 2. The van der Waals surface area contributed by atoms with E-state index in [9.17, 15) is 26.4 Å². The van der Waals surface area contributed by atoms with Gasteiger partial charge in [-0.05, 0) is 36.8 Å². The van der Waals surface area contributed by atoms with Crippen LogP contribution in [0.15, 0.2) is 47.4 Å². The molecule has 152 valence electrons. The van der Waals surface area contributed by atoms with E-state index in [4.69, 9.17) is 0 Å². The molecule has 0 atom stereocenters. The fraction of sp³-hybridized carbons (Fsp3) is 0.278. The number of halogens is 3. The van der Waals surface area contributed by atoms with Crippen molar-refractivity contribution in [3.05, 3.63) is 53.6 Å². The van der Waals surface area contributed by atoms with Crippen molar-refractivity contribution in [2.24, 2.45) is 0 Å². The van der Waals surface area contributed by atoms with Gasteiger partial charge in [0.2, 0.25) is 0 Å². The van der Waals surface area contributed by atoms with E-state index in [0.29, 0.717) is 16.2 Å². The van der Waals surface area contributed by atoms with E-state index in [1.54, 1.807) is 19.2 Å². The third-order valence-electron chi connectivity index (χ3n) is 3.96. The first-order chi connectivity index (χ1) is 12.9. The Balaban J connectivity index is 2.23. The quantitative estimate of drug-likeness (QED) is 0.759. The predicted octanol–water partition coefficient (Wildman–Crippen LogP) is 3.36. The van der Waals surface area contributed by atoms with Gasteiger partial charge < -0.3 is 10.2 Å². The molecule has 0 saturated carbocycles. The number of carbonyl (C=O) groups excluding carboxylic acids is 1. The molecule has 6 nitrogen and oxygen atoms in total. The van der Waals surface area contributed by atoms with Crippen LogP contribution in [0.4, 0.5) is 24.5 Å². The van der Waals surface area contributed by atoms with Crippen LogP contribution < -0.4 is 10.0 Å². The zero-order valence-electron chi connectivity index (χ0n) is 15.5. The van der Waals surface area contributed by atoms with E-state index < -0.39 is 22.1 Å². The summed E-state index contributed by atoms with van der Waals surface area (Å²) in [5.74, 6) is -1.96. The van der Waals surface area contributed by atoms with Crippen LogP contribution in [0.1, 0.15) is 11.1 Å². The molecule has 10 heteroatoms. The molecule has 0 radical (unpaired) electrons. The van der Waals surface area contributed by atoms with Gasteiger partial charge in [0.25, 0.3) is 10.0 Å². The second-order valence-corrected chi connectivity index (χ2v) is 7.88. The number of amides is 1. The van der Waals surface area contributed by atoms with Crippen LogP contribution in [0.3, 0.4) is 0 Å². The Labute approximate surface area is 161 Å². The predicted molar refractivity (Wildman–Crippen MR) is 101 cm³/mol. The lowest BCUT2D eigenvalue weighted by atomic mass is 10.1. The number of carbonyl (C=O) groups is 1. The van der Waals surface area contributed by atoms with Crippen molar-refractivity contribution in [3.63, 3.8) is 0 Å². The standard InChI is InChI=1S/C18H20F3N3O3S/c1-12-4-8-15(9-5-12)28(26,27)23-14-7-6-13(16(10-14)22-2)11-24(3)17(25)18(19,20)21/h4-10,22-23H,11H2,1-3H3. The third-order valence-corrected chi connectivity index (χ3v) is 5.36. The van der Waals surface area contributed by atoms with Crippen LogP contribution in [0.25, 0.3) is 0 Å². The average molecular weight is 415 g/mol. The van der Waals surface area contributed by atoms with Gasteiger partial charge in [-0.3, -0.25) is 9.52 Å². The number of sulfonamides is 1. The Morgan fingerprint density at radius 2 is 1.71 bits per heavy atom. The van der Waals surface area contributed by atoms with Gasteiger partial charge >= 0.3 is 12.1 Å². The van der Waals surface area contributed by atoms with E-state index in [-0.39, 0.29) is 17.1 Å². The van der Waals surface area contributed by atoms with Crippen LogP contribution in [-0.4, -0.2) is 39.5 Å². The Hall–Kier alpha value is -2.75. The second kappa shape index (κ2) is 8.09. The summed E-state index contributed by atoms with van der Waals surface area (Å²) in [5, 5.41) is 2.80. The lowest BCUT2D eigenvalue weighted by Gasteiger charge is -2.21. The Kier molecular flexibility index (Phi) is 6.23. The second-order valence-electron chi connectivity index (χ2n) is 6.20. The maximum absolute atomic E-state index is 12.5. The molecule has 0 aromatic heterocycles. The number of anilines is 2. The smallest absolute Gasteiger partial charge is 0.388 e. The van der Waals surface area contributed by atoms with Crippen molar-refractivity contribution in [2.45, 2.75) is 24.5 Å². The van der Waals surface area contributed by atoms with Crippen molar-refractivity contribution < 1.29 is 26.4 Å². The minimum absolute atomic E-state index is 0.0868. The van der Waals surface area contributed by atoms with Gasteiger partial charge in [-0.1, -0.05) is 23.8 Å². The van der Waals surface area contributed by atoms with E-state index in [0.717, 1.165) is 12.6 Å². The molecular formula is C18H20F3N3O3S. The molecule has 2 aromatic carbocycles. The van der Waals surface area contributed by atoms with Gasteiger partial charge in [0.1, 0.15) is 0 Å². The summed E-state index contributed by atoms with van der Waals surface area (Å²) in [5.41, 5.74) is 1.95. The van der Waals surface area contributed by atoms with Crippen molar-refractivity contribution in [1.82, 2.24) is 4.90 Å². The van der Waals surface area contributed by atoms with Crippen LogP contribution in [0.5, 0.6) is 0 Å². The SMILES string of the molecule is CNc1cc(NS(=O)(=O)c2ccc(C)cc2)ccc1CN(C)C(=O)C(F)(F)F. The van der Waals surface area contributed by atoms with Crippen LogP contribution in [0, 0.1) is 6.92 Å². The molecule has 0 unspecified atom stereocenters. The molecule has 2 N–H and O–H groups in total. The number of nitrogens with zero attached hydrogens (tertiary/aromatic N) is 1. The third kappa shape index (κ3) is 5.16. The maximum Gasteiger partial charge on any atom is 0.471 e. The molecule has 1 amide bonds. The molecule has 2 rings (SSSR count). The van der Waals surface area contributed by atoms with Crippen LogP contribution in [-0.2, 0) is 21.4 Å². The molecule has 0 saturated heterocycles. The highest BCUT2D eigenvalue weighted by Gasteiger charge is 2.41. The zero-order valence-corrected chi connectivity index (χ0v) is 16.3. The fourth-order valence-electron chi connectivity index (χ4n) is 2.49. The maximum atomic E-state index is 12.5. The molecule has 0 fully saturated rings. The van der Waals surface area contributed by atoms with Crippen molar-refractivity contribution in [2.75, 3.05) is 24.1 Å².